The molecule has 1 amide bonds. The Morgan fingerprint density at radius 1 is 0.952 bits per heavy atom. The summed E-state index contributed by atoms with van der Waals surface area (Å²) in [4.78, 5) is 15.0. The van der Waals surface area contributed by atoms with E-state index in [0.717, 1.165) is 0 Å². The first-order valence-corrected chi connectivity index (χ1v) is 13.8. The van der Waals surface area contributed by atoms with Gasteiger partial charge >= 0.3 is 0 Å². The van der Waals surface area contributed by atoms with Crippen LogP contribution in [0.1, 0.15) is 41.7 Å². The second kappa shape index (κ2) is 12.7. The molecule has 0 radical (unpaired) electrons. The van der Waals surface area contributed by atoms with Crippen molar-refractivity contribution in [1.82, 2.24) is 0 Å². The Morgan fingerprint density at radius 3 is 2.33 bits per heavy atom. The number of aromatic hydroxyl groups is 1. The van der Waals surface area contributed by atoms with Crippen LogP contribution in [0.2, 0.25) is 0 Å². The topological polar surface area (TPSA) is 151 Å². The van der Waals surface area contributed by atoms with E-state index in [0.29, 0.717) is 28.8 Å². The molecule has 0 bridgehead atoms. The van der Waals surface area contributed by atoms with Gasteiger partial charge in [-0.15, -0.1) is 0 Å². The summed E-state index contributed by atoms with van der Waals surface area (Å²) in [5.41, 5.74) is 2.30. The van der Waals surface area contributed by atoms with E-state index in [-0.39, 0.29) is 18.1 Å². The number of carbonyl (C=O) groups is 1. The van der Waals surface area contributed by atoms with Crippen molar-refractivity contribution in [1.29, 1.82) is 0 Å². The van der Waals surface area contributed by atoms with Gasteiger partial charge in [0, 0.05) is 11.3 Å². The number of hydrogen-bond acceptors (Lipinski definition) is 8. The van der Waals surface area contributed by atoms with E-state index in [1.807, 2.05) is 30.3 Å². The lowest BCUT2D eigenvalue weighted by Gasteiger charge is -2.48. The lowest BCUT2D eigenvalue weighted by Crippen LogP contribution is -2.57. The molecule has 6 N–H and O–H groups in total. The van der Waals surface area contributed by atoms with Crippen LogP contribution in [-0.2, 0) is 9.53 Å². The molecular formula is C32H34FNO8. The van der Waals surface area contributed by atoms with Crippen molar-refractivity contribution in [3.05, 3.63) is 101 Å². The summed E-state index contributed by atoms with van der Waals surface area (Å²) in [5, 5.41) is 61.5. The molecule has 10 heteroatoms. The zero-order chi connectivity index (χ0) is 30.0. The van der Waals surface area contributed by atoms with E-state index in [4.69, 9.17) is 4.74 Å². The number of aliphatic hydroxyl groups excluding tert-OH is 5. The van der Waals surface area contributed by atoms with E-state index in [1.165, 1.54) is 36.4 Å². The number of β-lactam (4-membered cyclic amide) rings is 1. The minimum absolute atomic E-state index is 0.0616. The molecule has 0 spiro atoms. The highest BCUT2D eigenvalue weighted by molar-refractivity contribution is 6.03. The molecule has 2 aliphatic heterocycles. The van der Waals surface area contributed by atoms with Crippen molar-refractivity contribution in [3.63, 3.8) is 0 Å². The molecule has 42 heavy (non-hydrogen) atoms. The lowest BCUT2D eigenvalue weighted by atomic mass is 9.77. The molecule has 2 unspecified atom stereocenters. The fourth-order valence-corrected chi connectivity index (χ4v) is 5.66. The molecule has 0 aromatic heterocycles. The highest BCUT2D eigenvalue weighted by Gasteiger charge is 2.49. The molecular weight excluding hydrogens is 545 g/mol. The maximum atomic E-state index is 13.3. The van der Waals surface area contributed by atoms with Crippen LogP contribution >= 0.6 is 0 Å². The molecule has 2 aliphatic rings. The number of rotatable bonds is 9. The second-order valence-electron chi connectivity index (χ2n) is 10.7. The number of hydrogen-bond donors (Lipinski definition) is 6. The number of halogens is 1. The normalized spacial score (nSPS) is 28.6. The Labute approximate surface area is 242 Å². The molecule has 2 saturated heterocycles. The molecule has 9 nitrogen and oxygen atoms in total. The average Bonchev–Trinajstić information content (AvgIpc) is 2.99. The lowest BCUT2D eigenvalue weighted by molar-refractivity contribution is -0.216. The highest BCUT2D eigenvalue weighted by atomic mass is 19.1. The van der Waals surface area contributed by atoms with Gasteiger partial charge in [-0.3, -0.25) is 4.79 Å². The first-order valence-electron chi connectivity index (χ1n) is 13.8. The van der Waals surface area contributed by atoms with Gasteiger partial charge in [-0.1, -0.05) is 54.6 Å². The van der Waals surface area contributed by atoms with E-state index >= 15 is 0 Å². The summed E-state index contributed by atoms with van der Waals surface area (Å²) in [6.45, 7) is -0.537. The van der Waals surface area contributed by atoms with Crippen molar-refractivity contribution in [2.75, 3.05) is 11.5 Å². The highest BCUT2D eigenvalue weighted by Crippen LogP contribution is 2.48. The summed E-state index contributed by atoms with van der Waals surface area (Å²) in [7, 11) is 0. The Bertz CT molecular complexity index is 1400. The number of benzene rings is 3. The standard InChI is InChI=1S/C32H34FNO8/c33-20-10-8-19(9-11-20)24(36)14-13-23-28(34(32(23)41)21-4-2-1-3-5-21)22-12-6-18(16-25(22)37)7-15-26-29(38)31(40)30(39)27(17-35)42-26/h1-12,15-16,23-24,26-31,35-40H,13-14,17H2/b15-7+/t23-,24+,26+,27?,28-,29-,30-,31?/m1/s1. The van der Waals surface area contributed by atoms with Gasteiger partial charge in [-0.2, -0.15) is 0 Å². The minimum atomic E-state index is -1.50. The monoisotopic (exact) mass is 579 g/mol. The number of phenolic OH excluding ortho intramolecular Hbond substituents is 1. The largest absolute Gasteiger partial charge is 0.508 e. The van der Waals surface area contributed by atoms with E-state index in [1.54, 1.807) is 23.1 Å². The third-order valence-corrected chi connectivity index (χ3v) is 8.03. The van der Waals surface area contributed by atoms with Crippen LogP contribution in [-0.4, -0.2) is 73.7 Å². The average molecular weight is 580 g/mol. The molecule has 3 aromatic rings. The summed E-state index contributed by atoms with van der Waals surface area (Å²) >= 11 is 0. The maximum absolute atomic E-state index is 13.3. The molecule has 0 aliphatic carbocycles. The Morgan fingerprint density at radius 2 is 1.67 bits per heavy atom. The third kappa shape index (κ3) is 5.96. The van der Waals surface area contributed by atoms with Gasteiger partial charge in [0.2, 0.25) is 5.91 Å². The smallest absolute Gasteiger partial charge is 0.233 e. The van der Waals surface area contributed by atoms with Crippen LogP contribution in [0.25, 0.3) is 6.08 Å². The van der Waals surface area contributed by atoms with Crippen LogP contribution < -0.4 is 4.90 Å². The summed E-state index contributed by atoms with van der Waals surface area (Å²) in [6, 6.07) is 19.1. The Kier molecular flexibility index (Phi) is 9.02. The molecule has 5 rings (SSSR count). The predicted molar refractivity (Wildman–Crippen MR) is 152 cm³/mol. The SMILES string of the molecule is O=C1[C@H](CC[C@H](O)c2ccc(F)cc2)[C@@H](c2ccc(/C=C/[C@@H]3OC(CO)[C@@H](O)C(O)[C@@H]3O)cc2O)N1c1ccccc1. The van der Waals surface area contributed by atoms with Crippen molar-refractivity contribution >= 4 is 17.7 Å². The van der Waals surface area contributed by atoms with E-state index < -0.39 is 61.0 Å². The van der Waals surface area contributed by atoms with Gasteiger partial charge in [0.25, 0.3) is 0 Å². The predicted octanol–water partition coefficient (Wildman–Crippen LogP) is 2.60. The number of para-hydroxylation sites is 1. The van der Waals surface area contributed by atoms with Crippen LogP contribution in [0, 0.1) is 11.7 Å². The van der Waals surface area contributed by atoms with Crippen molar-refractivity contribution in [2.45, 2.75) is 55.5 Å². The molecule has 222 valence electrons. The van der Waals surface area contributed by atoms with Gasteiger partial charge in [0.05, 0.1) is 24.7 Å². The van der Waals surface area contributed by atoms with Gasteiger partial charge in [0.15, 0.2) is 0 Å². The minimum Gasteiger partial charge on any atom is -0.508 e. The van der Waals surface area contributed by atoms with Gasteiger partial charge in [0.1, 0.15) is 42.1 Å². The van der Waals surface area contributed by atoms with Crippen molar-refractivity contribution in [3.8, 4) is 5.75 Å². The van der Waals surface area contributed by atoms with E-state index in [9.17, 15) is 39.8 Å². The molecule has 2 heterocycles. The Hall–Kier alpha value is -3.64. The number of anilines is 1. The quantitative estimate of drug-likeness (QED) is 0.212. The molecule has 3 aromatic carbocycles. The van der Waals surface area contributed by atoms with Crippen LogP contribution in [0.4, 0.5) is 10.1 Å². The maximum Gasteiger partial charge on any atom is 0.233 e. The number of aliphatic hydroxyl groups is 5. The first kappa shape index (κ1) is 29.8. The number of carbonyl (C=O) groups excluding carboxylic acids is 1. The van der Waals surface area contributed by atoms with Crippen LogP contribution in [0.5, 0.6) is 5.75 Å². The van der Waals surface area contributed by atoms with Gasteiger partial charge in [-0.25, -0.2) is 4.39 Å². The zero-order valence-corrected chi connectivity index (χ0v) is 22.6. The fraction of sp³-hybridized carbons (Fsp3) is 0.344. The Balaban J connectivity index is 1.35. The van der Waals surface area contributed by atoms with Gasteiger partial charge < -0.3 is 40.3 Å². The van der Waals surface area contributed by atoms with Crippen LogP contribution in [0.15, 0.2) is 78.9 Å². The summed E-state index contributed by atoms with van der Waals surface area (Å²) in [5.74, 6) is -1.11. The second-order valence-corrected chi connectivity index (χ2v) is 10.7. The number of phenols is 1. The van der Waals surface area contributed by atoms with Gasteiger partial charge in [-0.05, 0) is 54.3 Å². The number of ether oxygens (including phenoxy) is 1. The number of nitrogens with zero attached hydrogens (tertiary/aromatic N) is 1. The van der Waals surface area contributed by atoms with Crippen molar-refractivity contribution in [2.24, 2.45) is 5.92 Å². The molecule has 2 fully saturated rings. The number of amides is 1. The summed E-state index contributed by atoms with van der Waals surface area (Å²) < 4.78 is 18.8. The van der Waals surface area contributed by atoms with Crippen molar-refractivity contribution < 1.29 is 44.6 Å². The first-order chi connectivity index (χ1) is 20.2. The zero-order valence-electron chi connectivity index (χ0n) is 22.6. The third-order valence-electron chi connectivity index (χ3n) is 8.03. The molecule has 8 atom stereocenters. The van der Waals surface area contributed by atoms with Crippen LogP contribution in [0.3, 0.4) is 0 Å². The molecule has 0 saturated carbocycles. The fourth-order valence-electron chi connectivity index (χ4n) is 5.66. The van der Waals surface area contributed by atoms with E-state index in [2.05, 4.69) is 0 Å². The summed E-state index contributed by atoms with van der Waals surface area (Å²) in [6.07, 6.45) is -3.64.